The fourth-order valence-electron chi connectivity index (χ4n) is 1.57. The maximum atomic E-state index is 11.9. The van der Waals surface area contributed by atoms with Gasteiger partial charge in [-0.2, -0.15) is 5.10 Å². The first kappa shape index (κ1) is 12.8. The molecule has 8 heteroatoms. The molecule has 0 spiro atoms. The number of hydrogen-bond acceptors (Lipinski definition) is 5. The summed E-state index contributed by atoms with van der Waals surface area (Å²) in [6.45, 7) is 0. The van der Waals surface area contributed by atoms with E-state index in [1.165, 1.54) is 25.8 Å². The summed E-state index contributed by atoms with van der Waals surface area (Å²) < 4.78 is 4.67. The van der Waals surface area contributed by atoms with Gasteiger partial charge in [-0.1, -0.05) is 0 Å². The summed E-state index contributed by atoms with van der Waals surface area (Å²) >= 11 is 0. The van der Waals surface area contributed by atoms with Gasteiger partial charge in [0.25, 0.3) is 5.91 Å². The number of nitrogens with one attached hydrogen (secondary N) is 3. The fraction of sp³-hybridized carbons (Fsp3) is 0.273. The second kappa shape index (κ2) is 5.80. The van der Waals surface area contributed by atoms with E-state index in [2.05, 4.69) is 30.2 Å². The van der Waals surface area contributed by atoms with Crippen molar-refractivity contribution in [3.63, 3.8) is 0 Å². The Morgan fingerprint density at radius 2 is 2.32 bits per heavy atom. The highest BCUT2D eigenvalue weighted by Crippen LogP contribution is 2.02. The highest BCUT2D eigenvalue weighted by Gasteiger charge is 2.23. The van der Waals surface area contributed by atoms with E-state index in [9.17, 15) is 9.59 Å². The van der Waals surface area contributed by atoms with Gasteiger partial charge < -0.3 is 15.0 Å². The molecule has 1 atom stereocenters. The summed E-state index contributed by atoms with van der Waals surface area (Å²) in [5.74, 6) is -0.921. The van der Waals surface area contributed by atoms with Crippen LogP contribution < -0.4 is 5.32 Å². The lowest BCUT2D eigenvalue weighted by Gasteiger charge is -2.15. The zero-order valence-electron chi connectivity index (χ0n) is 10.2. The van der Waals surface area contributed by atoms with E-state index in [1.807, 2.05) is 0 Å². The zero-order chi connectivity index (χ0) is 13.7. The molecule has 2 aromatic heterocycles. The number of ether oxygens (including phenoxy) is 1. The maximum absolute atomic E-state index is 11.9. The predicted molar refractivity (Wildman–Crippen MR) is 64.1 cm³/mol. The molecule has 0 saturated carbocycles. The zero-order valence-corrected chi connectivity index (χ0v) is 10.2. The lowest BCUT2D eigenvalue weighted by atomic mass is 10.1. The molecular formula is C11H13N5O3. The third-order valence-electron chi connectivity index (χ3n) is 2.53. The molecule has 1 amide bonds. The van der Waals surface area contributed by atoms with Crippen LogP contribution in [-0.4, -0.2) is 45.2 Å². The number of carbonyl (C=O) groups excluding carboxylic acids is 2. The Labute approximate surface area is 108 Å². The van der Waals surface area contributed by atoms with E-state index in [4.69, 9.17) is 0 Å². The molecule has 2 heterocycles. The van der Waals surface area contributed by atoms with E-state index >= 15 is 0 Å². The van der Waals surface area contributed by atoms with Crippen LogP contribution >= 0.6 is 0 Å². The molecule has 0 radical (unpaired) electrons. The summed E-state index contributed by atoms with van der Waals surface area (Å²) in [7, 11) is 1.27. The van der Waals surface area contributed by atoms with Gasteiger partial charge in [-0.3, -0.25) is 9.89 Å². The number of esters is 1. The van der Waals surface area contributed by atoms with Gasteiger partial charge in [-0.15, -0.1) is 0 Å². The van der Waals surface area contributed by atoms with Crippen molar-refractivity contribution in [3.05, 3.63) is 36.2 Å². The molecule has 3 N–H and O–H groups in total. The standard InChI is InChI=1S/C11H13N5O3/c1-19-11(18)9(2-8-5-12-6-13-8)16-10(17)7-3-14-15-4-7/h3-6,9H,2H2,1H3,(H,12,13)(H,14,15)(H,16,17)/t9-/m0/s1. The minimum absolute atomic E-state index is 0.274. The lowest BCUT2D eigenvalue weighted by Crippen LogP contribution is -2.43. The minimum Gasteiger partial charge on any atom is -0.467 e. The van der Waals surface area contributed by atoms with Gasteiger partial charge in [0.2, 0.25) is 0 Å². The molecule has 2 aromatic rings. The van der Waals surface area contributed by atoms with Crippen LogP contribution in [0.2, 0.25) is 0 Å². The molecule has 0 bridgehead atoms. The van der Waals surface area contributed by atoms with Crippen LogP contribution in [0.3, 0.4) is 0 Å². The Bertz CT molecular complexity index is 535. The van der Waals surface area contributed by atoms with Crippen LogP contribution in [0.5, 0.6) is 0 Å². The average Bonchev–Trinajstić information content (AvgIpc) is 3.09. The summed E-state index contributed by atoms with van der Waals surface area (Å²) in [5.41, 5.74) is 1.07. The normalized spacial score (nSPS) is 11.8. The van der Waals surface area contributed by atoms with Crippen LogP contribution in [0, 0.1) is 0 Å². The van der Waals surface area contributed by atoms with Crippen LogP contribution in [0.15, 0.2) is 24.9 Å². The number of imidazole rings is 1. The molecule has 19 heavy (non-hydrogen) atoms. The molecule has 0 unspecified atom stereocenters. The molecule has 0 fully saturated rings. The third-order valence-corrected chi connectivity index (χ3v) is 2.53. The minimum atomic E-state index is -0.784. The van der Waals surface area contributed by atoms with Crippen LogP contribution in [0.1, 0.15) is 16.1 Å². The largest absolute Gasteiger partial charge is 0.467 e. The summed E-state index contributed by atoms with van der Waals surface area (Å²) in [5, 5.41) is 8.79. The number of nitrogens with zero attached hydrogens (tertiary/aromatic N) is 2. The van der Waals surface area contributed by atoms with Crippen molar-refractivity contribution >= 4 is 11.9 Å². The molecule has 100 valence electrons. The Hall–Kier alpha value is -2.64. The van der Waals surface area contributed by atoms with Crippen molar-refractivity contribution in [2.24, 2.45) is 0 Å². The summed E-state index contributed by atoms with van der Waals surface area (Å²) in [6, 6.07) is -0.784. The van der Waals surface area contributed by atoms with E-state index in [-0.39, 0.29) is 6.42 Å². The second-order valence-electron chi connectivity index (χ2n) is 3.82. The quantitative estimate of drug-likeness (QED) is 0.638. The number of hydrogen-bond donors (Lipinski definition) is 3. The number of aromatic nitrogens is 4. The monoisotopic (exact) mass is 263 g/mol. The number of H-pyrrole nitrogens is 2. The van der Waals surface area contributed by atoms with Crippen molar-refractivity contribution < 1.29 is 14.3 Å². The van der Waals surface area contributed by atoms with Crippen LogP contribution in [-0.2, 0) is 16.0 Å². The second-order valence-corrected chi connectivity index (χ2v) is 3.82. The topological polar surface area (TPSA) is 113 Å². The van der Waals surface area contributed by atoms with Crippen molar-refractivity contribution in [1.29, 1.82) is 0 Å². The van der Waals surface area contributed by atoms with E-state index in [0.717, 1.165) is 5.69 Å². The summed E-state index contributed by atoms with van der Waals surface area (Å²) in [4.78, 5) is 30.2. The molecular weight excluding hydrogens is 250 g/mol. The number of rotatable bonds is 5. The van der Waals surface area contributed by atoms with Crippen molar-refractivity contribution in [1.82, 2.24) is 25.5 Å². The van der Waals surface area contributed by atoms with Gasteiger partial charge in [0, 0.05) is 24.5 Å². The highest BCUT2D eigenvalue weighted by atomic mass is 16.5. The first-order valence-electron chi connectivity index (χ1n) is 5.55. The van der Waals surface area contributed by atoms with Crippen LogP contribution in [0.4, 0.5) is 0 Å². The highest BCUT2D eigenvalue weighted by molar-refractivity contribution is 5.96. The van der Waals surface area contributed by atoms with E-state index < -0.39 is 17.9 Å². The Kier molecular flexibility index (Phi) is 3.91. The van der Waals surface area contributed by atoms with Gasteiger partial charge >= 0.3 is 5.97 Å². The molecule has 0 aliphatic rings. The molecule has 2 rings (SSSR count). The first-order valence-corrected chi connectivity index (χ1v) is 5.55. The van der Waals surface area contributed by atoms with Gasteiger partial charge in [-0.25, -0.2) is 9.78 Å². The first-order chi connectivity index (χ1) is 9.20. The molecule has 0 saturated heterocycles. The molecule has 0 aliphatic carbocycles. The Morgan fingerprint density at radius 1 is 1.47 bits per heavy atom. The maximum Gasteiger partial charge on any atom is 0.328 e. The van der Waals surface area contributed by atoms with Gasteiger partial charge in [-0.05, 0) is 0 Å². The number of methoxy groups -OCH3 is 1. The smallest absolute Gasteiger partial charge is 0.328 e. The van der Waals surface area contributed by atoms with Crippen molar-refractivity contribution in [2.45, 2.75) is 12.5 Å². The predicted octanol–water partition coefficient (Wildman–Crippen LogP) is -0.353. The number of amides is 1. The average molecular weight is 263 g/mol. The van der Waals surface area contributed by atoms with E-state index in [1.54, 1.807) is 6.20 Å². The Balaban J connectivity index is 2.06. The number of aromatic amines is 2. The molecule has 0 aliphatic heterocycles. The van der Waals surface area contributed by atoms with Gasteiger partial charge in [0.15, 0.2) is 0 Å². The molecule has 8 nitrogen and oxygen atoms in total. The van der Waals surface area contributed by atoms with Crippen molar-refractivity contribution in [2.75, 3.05) is 7.11 Å². The number of carbonyl (C=O) groups is 2. The Morgan fingerprint density at radius 3 is 2.89 bits per heavy atom. The van der Waals surface area contributed by atoms with Crippen LogP contribution in [0.25, 0.3) is 0 Å². The van der Waals surface area contributed by atoms with Gasteiger partial charge in [0.05, 0.1) is 25.2 Å². The SMILES string of the molecule is COC(=O)[C@H](Cc1cnc[nH]1)NC(=O)c1cn[nH]c1. The molecule has 0 aromatic carbocycles. The summed E-state index contributed by atoms with van der Waals surface area (Å²) in [6.07, 6.45) is 6.18. The van der Waals surface area contributed by atoms with Crippen molar-refractivity contribution in [3.8, 4) is 0 Å². The lowest BCUT2D eigenvalue weighted by molar-refractivity contribution is -0.142. The third kappa shape index (κ3) is 3.18. The van der Waals surface area contributed by atoms with Gasteiger partial charge in [0.1, 0.15) is 6.04 Å². The van der Waals surface area contributed by atoms with E-state index in [0.29, 0.717) is 5.56 Å². The fourth-order valence-corrected chi connectivity index (χ4v) is 1.57.